The van der Waals surface area contributed by atoms with E-state index < -0.39 is 17.9 Å². The Kier molecular flexibility index (Phi) is 7.62. The number of ether oxygens (including phenoxy) is 1. The molecule has 0 aliphatic carbocycles. The van der Waals surface area contributed by atoms with E-state index in [1.165, 1.54) is 24.9 Å². The minimum absolute atomic E-state index is 0.0486. The number of nitrogens with one attached hydrogen (secondary N) is 1. The van der Waals surface area contributed by atoms with Crippen molar-refractivity contribution in [2.45, 2.75) is 24.4 Å². The highest BCUT2D eigenvalue weighted by atomic mass is 32.2. The van der Waals surface area contributed by atoms with Crippen LogP contribution in [0.25, 0.3) is 22.0 Å². The number of aromatic nitrogens is 2. The quantitative estimate of drug-likeness (QED) is 0.212. The SMILES string of the molecule is CCSc1nc(C(=O)NC(Cc2ccc(-c3ccccc3)cc2)C(=O)OC)nc2ccc(O)cc12. The maximum absolute atomic E-state index is 13.1. The summed E-state index contributed by atoms with van der Waals surface area (Å²) in [6.07, 6.45) is 0.255. The number of hydrogen-bond donors (Lipinski definition) is 2. The number of aromatic hydroxyl groups is 1. The number of amides is 1. The Labute approximate surface area is 207 Å². The van der Waals surface area contributed by atoms with Gasteiger partial charge in [-0.2, -0.15) is 0 Å². The number of carbonyl (C=O) groups excluding carboxylic acids is 2. The second kappa shape index (κ2) is 11.0. The van der Waals surface area contributed by atoms with Gasteiger partial charge in [-0.05, 0) is 40.6 Å². The lowest BCUT2D eigenvalue weighted by Gasteiger charge is -2.17. The van der Waals surface area contributed by atoms with E-state index in [1.807, 2.05) is 61.5 Å². The number of benzene rings is 3. The highest BCUT2D eigenvalue weighted by Crippen LogP contribution is 2.28. The summed E-state index contributed by atoms with van der Waals surface area (Å²) in [5.74, 6) is -0.353. The molecular weight excluding hydrogens is 462 g/mol. The van der Waals surface area contributed by atoms with Gasteiger partial charge in [-0.1, -0.05) is 61.5 Å². The summed E-state index contributed by atoms with van der Waals surface area (Å²) in [7, 11) is 1.29. The molecule has 1 unspecified atom stereocenters. The van der Waals surface area contributed by atoms with Gasteiger partial charge in [0.05, 0.1) is 12.6 Å². The molecule has 4 aromatic rings. The molecule has 0 aliphatic rings. The van der Waals surface area contributed by atoms with E-state index in [0.717, 1.165) is 22.4 Å². The first-order valence-electron chi connectivity index (χ1n) is 11.1. The van der Waals surface area contributed by atoms with Crippen LogP contribution >= 0.6 is 11.8 Å². The highest BCUT2D eigenvalue weighted by molar-refractivity contribution is 7.99. The number of fused-ring (bicyclic) bond motifs is 1. The standard InChI is InChI=1S/C27H25N3O4S/c1-3-35-26-21-16-20(31)13-14-22(21)28-24(30-26)25(32)29-23(27(33)34-2)15-17-9-11-19(12-10-17)18-7-5-4-6-8-18/h4-14,16,23,31H,3,15H2,1-2H3,(H,29,32). The van der Waals surface area contributed by atoms with Gasteiger partial charge in [0.1, 0.15) is 16.8 Å². The Balaban J connectivity index is 1.56. The number of carbonyl (C=O) groups is 2. The topological polar surface area (TPSA) is 101 Å². The van der Waals surface area contributed by atoms with Gasteiger partial charge in [-0.3, -0.25) is 4.79 Å². The van der Waals surface area contributed by atoms with Gasteiger partial charge < -0.3 is 15.2 Å². The fourth-order valence-corrected chi connectivity index (χ4v) is 4.44. The molecule has 3 aromatic carbocycles. The van der Waals surface area contributed by atoms with Crippen molar-refractivity contribution in [2.75, 3.05) is 12.9 Å². The fourth-order valence-electron chi connectivity index (χ4n) is 3.69. The lowest BCUT2D eigenvalue weighted by Crippen LogP contribution is -2.43. The monoisotopic (exact) mass is 487 g/mol. The predicted molar refractivity (Wildman–Crippen MR) is 136 cm³/mol. The van der Waals surface area contributed by atoms with Gasteiger partial charge in [0.15, 0.2) is 0 Å². The molecule has 0 saturated carbocycles. The lowest BCUT2D eigenvalue weighted by molar-refractivity contribution is -0.142. The second-order valence-corrected chi connectivity index (χ2v) is 9.06. The normalized spacial score (nSPS) is 11.7. The van der Waals surface area contributed by atoms with Crippen LogP contribution in [0.3, 0.4) is 0 Å². The van der Waals surface area contributed by atoms with Crippen molar-refractivity contribution in [2.24, 2.45) is 0 Å². The summed E-state index contributed by atoms with van der Waals surface area (Å²) in [5.41, 5.74) is 3.56. The van der Waals surface area contributed by atoms with E-state index in [1.54, 1.807) is 12.1 Å². The van der Waals surface area contributed by atoms with Gasteiger partial charge in [-0.25, -0.2) is 14.8 Å². The van der Waals surface area contributed by atoms with Crippen molar-refractivity contribution < 1.29 is 19.4 Å². The summed E-state index contributed by atoms with van der Waals surface area (Å²) in [6, 6.07) is 21.6. The van der Waals surface area contributed by atoms with Crippen LogP contribution in [0.5, 0.6) is 5.75 Å². The smallest absolute Gasteiger partial charge is 0.328 e. The Morgan fingerprint density at radius 1 is 1.00 bits per heavy atom. The van der Waals surface area contributed by atoms with Crippen molar-refractivity contribution in [3.8, 4) is 16.9 Å². The zero-order chi connectivity index (χ0) is 24.8. The lowest BCUT2D eigenvalue weighted by atomic mass is 10.0. The summed E-state index contributed by atoms with van der Waals surface area (Å²) >= 11 is 1.44. The van der Waals surface area contributed by atoms with Crippen molar-refractivity contribution in [1.82, 2.24) is 15.3 Å². The molecule has 0 fully saturated rings. The largest absolute Gasteiger partial charge is 0.508 e. The Bertz CT molecular complexity index is 1340. The van der Waals surface area contributed by atoms with E-state index in [2.05, 4.69) is 15.3 Å². The van der Waals surface area contributed by atoms with E-state index in [4.69, 9.17) is 4.74 Å². The summed E-state index contributed by atoms with van der Waals surface area (Å²) < 4.78 is 4.93. The van der Waals surface area contributed by atoms with Gasteiger partial charge in [0.25, 0.3) is 5.91 Å². The molecule has 1 atom stereocenters. The van der Waals surface area contributed by atoms with Crippen LogP contribution < -0.4 is 5.32 Å². The summed E-state index contributed by atoms with van der Waals surface area (Å²) in [4.78, 5) is 34.3. The molecule has 0 aliphatic heterocycles. The first-order valence-corrected chi connectivity index (χ1v) is 12.1. The van der Waals surface area contributed by atoms with Crippen LogP contribution in [-0.2, 0) is 16.0 Å². The molecule has 1 aromatic heterocycles. The molecule has 7 nitrogen and oxygen atoms in total. The van der Waals surface area contributed by atoms with E-state index >= 15 is 0 Å². The molecule has 1 amide bonds. The van der Waals surface area contributed by atoms with Crippen molar-refractivity contribution in [1.29, 1.82) is 0 Å². The van der Waals surface area contributed by atoms with Gasteiger partial charge >= 0.3 is 5.97 Å². The first kappa shape index (κ1) is 24.2. The number of thioether (sulfide) groups is 1. The van der Waals surface area contributed by atoms with Crippen LogP contribution in [0, 0.1) is 0 Å². The molecule has 0 spiro atoms. The number of rotatable bonds is 8. The minimum Gasteiger partial charge on any atom is -0.508 e. The third-order valence-electron chi connectivity index (χ3n) is 5.42. The summed E-state index contributed by atoms with van der Waals surface area (Å²) in [6.45, 7) is 1.97. The molecule has 178 valence electrons. The Morgan fingerprint density at radius 3 is 2.40 bits per heavy atom. The zero-order valence-corrected chi connectivity index (χ0v) is 20.2. The maximum atomic E-state index is 13.1. The van der Waals surface area contributed by atoms with E-state index in [9.17, 15) is 14.7 Å². The van der Waals surface area contributed by atoms with Crippen molar-refractivity contribution in [3.05, 3.63) is 84.2 Å². The molecule has 0 saturated heterocycles. The first-order chi connectivity index (χ1) is 17.0. The van der Waals surface area contributed by atoms with Crippen LogP contribution in [0.15, 0.2) is 77.8 Å². The molecule has 1 heterocycles. The zero-order valence-electron chi connectivity index (χ0n) is 19.4. The van der Waals surface area contributed by atoms with Gasteiger partial charge in [0.2, 0.25) is 5.82 Å². The molecule has 2 N–H and O–H groups in total. The fraction of sp³-hybridized carbons (Fsp3) is 0.185. The number of nitrogens with zero attached hydrogens (tertiary/aromatic N) is 2. The van der Waals surface area contributed by atoms with Gasteiger partial charge in [0, 0.05) is 11.8 Å². The molecule has 8 heteroatoms. The van der Waals surface area contributed by atoms with Gasteiger partial charge in [-0.15, -0.1) is 11.8 Å². The van der Waals surface area contributed by atoms with Crippen LogP contribution in [0.1, 0.15) is 23.1 Å². The van der Waals surface area contributed by atoms with Crippen LogP contribution in [-0.4, -0.2) is 45.9 Å². The second-order valence-electron chi connectivity index (χ2n) is 7.80. The number of phenols is 1. The molecular formula is C27H25N3O4S. The van der Waals surface area contributed by atoms with Crippen LogP contribution in [0.2, 0.25) is 0 Å². The Morgan fingerprint density at radius 2 is 1.71 bits per heavy atom. The van der Waals surface area contributed by atoms with Crippen molar-refractivity contribution in [3.63, 3.8) is 0 Å². The molecule has 4 rings (SSSR count). The number of esters is 1. The average molecular weight is 488 g/mol. The number of phenolic OH excluding ortho intramolecular Hbond substituents is 1. The molecule has 35 heavy (non-hydrogen) atoms. The Hall–Kier alpha value is -3.91. The molecule has 0 bridgehead atoms. The van der Waals surface area contributed by atoms with E-state index in [-0.39, 0.29) is 18.0 Å². The number of hydrogen-bond acceptors (Lipinski definition) is 7. The minimum atomic E-state index is -0.906. The third-order valence-corrected chi connectivity index (χ3v) is 6.29. The predicted octanol–water partition coefficient (Wildman–Crippen LogP) is 4.63. The average Bonchev–Trinajstić information content (AvgIpc) is 2.89. The van der Waals surface area contributed by atoms with E-state index in [0.29, 0.717) is 15.9 Å². The molecule has 0 radical (unpaired) electrons. The number of methoxy groups -OCH3 is 1. The maximum Gasteiger partial charge on any atom is 0.328 e. The highest BCUT2D eigenvalue weighted by Gasteiger charge is 2.25. The van der Waals surface area contributed by atoms with Crippen LogP contribution in [0.4, 0.5) is 0 Å². The van der Waals surface area contributed by atoms with Crippen molar-refractivity contribution >= 4 is 34.5 Å². The summed E-state index contributed by atoms with van der Waals surface area (Å²) in [5, 5.41) is 13.8. The third kappa shape index (κ3) is 5.78.